The standard InChI is InChI=1S/C15H20N2O/c1-10-6-5-7-11(8-10)13-12(9-15(2,3)4)18-17-14(13)16/h5-8H,9H2,1-4H3,(H2,16,17). The average molecular weight is 244 g/mol. The Morgan fingerprint density at radius 3 is 2.61 bits per heavy atom. The highest BCUT2D eigenvalue weighted by Crippen LogP contribution is 2.33. The van der Waals surface area contributed by atoms with E-state index in [2.05, 4.69) is 45.0 Å². The SMILES string of the molecule is Cc1cccc(-c2c(N)noc2CC(C)(C)C)c1. The Bertz CT molecular complexity index is 550. The summed E-state index contributed by atoms with van der Waals surface area (Å²) < 4.78 is 5.39. The van der Waals surface area contributed by atoms with Gasteiger partial charge in [0.25, 0.3) is 0 Å². The first kappa shape index (κ1) is 12.7. The monoisotopic (exact) mass is 244 g/mol. The third-order valence-electron chi connectivity index (χ3n) is 2.79. The van der Waals surface area contributed by atoms with Crippen LogP contribution in [0.2, 0.25) is 0 Å². The molecular weight excluding hydrogens is 224 g/mol. The summed E-state index contributed by atoms with van der Waals surface area (Å²) in [5.74, 6) is 1.34. The lowest BCUT2D eigenvalue weighted by molar-refractivity contribution is 0.322. The number of nitrogen functional groups attached to an aromatic ring is 1. The molecule has 96 valence electrons. The van der Waals surface area contributed by atoms with Gasteiger partial charge in [-0.1, -0.05) is 55.8 Å². The molecule has 0 atom stereocenters. The van der Waals surface area contributed by atoms with Crippen LogP contribution >= 0.6 is 0 Å². The average Bonchev–Trinajstić information content (AvgIpc) is 2.57. The summed E-state index contributed by atoms with van der Waals surface area (Å²) >= 11 is 0. The Morgan fingerprint density at radius 1 is 1.28 bits per heavy atom. The van der Waals surface area contributed by atoms with Crippen LogP contribution in [-0.2, 0) is 6.42 Å². The van der Waals surface area contributed by atoms with Gasteiger partial charge in [-0.2, -0.15) is 0 Å². The van der Waals surface area contributed by atoms with Gasteiger partial charge in [0, 0.05) is 6.42 Å². The molecule has 2 rings (SSSR count). The van der Waals surface area contributed by atoms with Crippen LogP contribution in [0.1, 0.15) is 32.1 Å². The first-order chi connectivity index (χ1) is 8.37. The van der Waals surface area contributed by atoms with E-state index >= 15 is 0 Å². The molecule has 0 aliphatic rings. The summed E-state index contributed by atoms with van der Waals surface area (Å²) in [6, 6.07) is 8.24. The van der Waals surface area contributed by atoms with Gasteiger partial charge < -0.3 is 10.3 Å². The molecule has 0 saturated carbocycles. The van der Waals surface area contributed by atoms with Crippen molar-refractivity contribution in [2.24, 2.45) is 5.41 Å². The fraction of sp³-hybridized carbons (Fsp3) is 0.400. The van der Waals surface area contributed by atoms with Gasteiger partial charge >= 0.3 is 0 Å². The van der Waals surface area contributed by atoms with E-state index in [0.29, 0.717) is 5.82 Å². The lowest BCUT2D eigenvalue weighted by Gasteiger charge is -2.16. The normalized spacial score (nSPS) is 11.8. The smallest absolute Gasteiger partial charge is 0.175 e. The second kappa shape index (κ2) is 4.48. The summed E-state index contributed by atoms with van der Waals surface area (Å²) in [6.07, 6.45) is 0.820. The zero-order valence-electron chi connectivity index (χ0n) is 11.4. The van der Waals surface area contributed by atoms with Crippen molar-refractivity contribution in [2.75, 3.05) is 5.73 Å². The Hall–Kier alpha value is -1.77. The van der Waals surface area contributed by atoms with Crippen LogP contribution in [-0.4, -0.2) is 5.16 Å². The van der Waals surface area contributed by atoms with Crippen molar-refractivity contribution in [1.29, 1.82) is 0 Å². The van der Waals surface area contributed by atoms with Crippen LogP contribution in [0.3, 0.4) is 0 Å². The van der Waals surface area contributed by atoms with E-state index in [0.717, 1.165) is 23.3 Å². The van der Waals surface area contributed by atoms with E-state index in [-0.39, 0.29) is 5.41 Å². The minimum Gasteiger partial charge on any atom is -0.380 e. The number of nitrogens with two attached hydrogens (primary N) is 1. The van der Waals surface area contributed by atoms with Crippen LogP contribution < -0.4 is 5.73 Å². The predicted molar refractivity (Wildman–Crippen MR) is 74.2 cm³/mol. The molecule has 2 N–H and O–H groups in total. The van der Waals surface area contributed by atoms with E-state index in [1.807, 2.05) is 12.1 Å². The summed E-state index contributed by atoms with van der Waals surface area (Å²) in [4.78, 5) is 0. The summed E-state index contributed by atoms with van der Waals surface area (Å²) in [6.45, 7) is 8.58. The number of anilines is 1. The molecule has 3 nitrogen and oxygen atoms in total. The molecule has 1 aromatic heterocycles. The highest BCUT2D eigenvalue weighted by Gasteiger charge is 2.21. The molecule has 2 aromatic rings. The highest BCUT2D eigenvalue weighted by molar-refractivity contribution is 5.75. The van der Waals surface area contributed by atoms with Crippen molar-refractivity contribution in [1.82, 2.24) is 5.16 Å². The number of nitrogens with zero attached hydrogens (tertiary/aromatic N) is 1. The fourth-order valence-corrected chi connectivity index (χ4v) is 2.05. The van der Waals surface area contributed by atoms with Gasteiger partial charge in [-0.3, -0.25) is 0 Å². The second-order valence-corrected chi connectivity index (χ2v) is 5.97. The summed E-state index contributed by atoms with van der Waals surface area (Å²) in [7, 11) is 0. The lowest BCUT2D eigenvalue weighted by Crippen LogP contribution is -2.09. The first-order valence-corrected chi connectivity index (χ1v) is 6.18. The molecule has 0 saturated heterocycles. The van der Waals surface area contributed by atoms with Crippen molar-refractivity contribution >= 4 is 5.82 Å². The molecule has 0 amide bonds. The number of hydrogen-bond donors (Lipinski definition) is 1. The fourth-order valence-electron chi connectivity index (χ4n) is 2.05. The molecule has 0 unspecified atom stereocenters. The molecule has 1 heterocycles. The van der Waals surface area contributed by atoms with Gasteiger partial charge in [0.2, 0.25) is 0 Å². The highest BCUT2D eigenvalue weighted by atomic mass is 16.5. The molecule has 1 aromatic carbocycles. The Balaban J connectivity index is 2.47. The van der Waals surface area contributed by atoms with Crippen LogP contribution in [0.25, 0.3) is 11.1 Å². The van der Waals surface area contributed by atoms with Crippen molar-refractivity contribution in [3.63, 3.8) is 0 Å². The van der Waals surface area contributed by atoms with Gasteiger partial charge in [-0.25, -0.2) is 0 Å². The largest absolute Gasteiger partial charge is 0.380 e. The Labute approximate surface area is 108 Å². The molecule has 0 fully saturated rings. The molecule has 0 aliphatic heterocycles. The molecule has 0 aliphatic carbocycles. The second-order valence-electron chi connectivity index (χ2n) is 5.97. The summed E-state index contributed by atoms with van der Waals surface area (Å²) in [5, 5.41) is 3.91. The topological polar surface area (TPSA) is 52.0 Å². The number of hydrogen-bond acceptors (Lipinski definition) is 3. The maximum absolute atomic E-state index is 5.94. The van der Waals surface area contributed by atoms with E-state index in [4.69, 9.17) is 10.3 Å². The third kappa shape index (κ3) is 2.73. The van der Waals surface area contributed by atoms with Crippen LogP contribution in [0.5, 0.6) is 0 Å². The van der Waals surface area contributed by atoms with Crippen molar-refractivity contribution in [2.45, 2.75) is 34.1 Å². The lowest BCUT2D eigenvalue weighted by atomic mass is 9.88. The van der Waals surface area contributed by atoms with E-state index < -0.39 is 0 Å². The number of benzene rings is 1. The minimum absolute atomic E-state index is 0.143. The molecule has 0 radical (unpaired) electrons. The number of aryl methyl sites for hydroxylation is 1. The molecule has 0 bridgehead atoms. The first-order valence-electron chi connectivity index (χ1n) is 6.18. The maximum atomic E-state index is 5.94. The van der Waals surface area contributed by atoms with E-state index in [9.17, 15) is 0 Å². The van der Waals surface area contributed by atoms with E-state index in [1.165, 1.54) is 5.56 Å². The van der Waals surface area contributed by atoms with Crippen molar-refractivity contribution in [3.05, 3.63) is 35.6 Å². The van der Waals surface area contributed by atoms with Gasteiger partial charge in [0.15, 0.2) is 5.82 Å². The molecule has 3 heteroatoms. The van der Waals surface area contributed by atoms with Crippen molar-refractivity contribution in [3.8, 4) is 11.1 Å². The molecule has 0 spiro atoms. The molecule has 18 heavy (non-hydrogen) atoms. The summed E-state index contributed by atoms with van der Waals surface area (Å²) in [5.41, 5.74) is 9.30. The predicted octanol–water partition coefficient (Wildman–Crippen LogP) is 3.82. The van der Waals surface area contributed by atoms with Crippen molar-refractivity contribution < 1.29 is 4.52 Å². The van der Waals surface area contributed by atoms with Crippen LogP contribution in [0.4, 0.5) is 5.82 Å². The third-order valence-corrected chi connectivity index (χ3v) is 2.79. The van der Waals surface area contributed by atoms with Crippen LogP contribution in [0, 0.1) is 12.3 Å². The van der Waals surface area contributed by atoms with E-state index in [1.54, 1.807) is 0 Å². The van der Waals surface area contributed by atoms with Gasteiger partial charge in [0.1, 0.15) is 5.76 Å². The minimum atomic E-state index is 0.143. The maximum Gasteiger partial charge on any atom is 0.175 e. The van der Waals surface area contributed by atoms with Gasteiger partial charge in [-0.05, 0) is 17.9 Å². The van der Waals surface area contributed by atoms with Crippen LogP contribution in [0.15, 0.2) is 28.8 Å². The van der Waals surface area contributed by atoms with Gasteiger partial charge in [0.05, 0.1) is 5.56 Å². The number of aromatic nitrogens is 1. The quantitative estimate of drug-likeness (QED) is 0.873. The Morgan fingerprint density at radius 2 is 2.00 bits per heavy atom. The zero-order valence-corrected chi connectivity index (χ0v) is 11.4. The van der Waals surface area contributed by atoms with Gasteiger partial charge in [-0.15, -0.1) is 0 Å². The zero-order chi connectivity index (χ0) is 13.3. The molecular formula is C15H20N2O. The Kier molecular flexibility index (Phi) is 3.16. The number of rotatable bonds is 2.